The van der Waals surface area contributed by atoms with Gasteiger partial charge in [0.05, 0.1) is 6.54 Å². The molecule has 0 saturated carbocycles. The average Bonchev–Trinajstić information content (AvgIpc) is 2.83. The highest BCUT2D eigenvalue weighted by molar-refractivity contribution is 5.78. The summed E-state index contributed by atoms with van der Waals surface area (Å²) in [6.07, 6.45) is 4.17. The Kier molecular flexibility index (Phi) is 3.77. The van der Waals surface area contributed by atoms with E-state index in [1.165, 1.54) is 0 Å². The molecule has 2 saturated heterocycles. The molecule has 5 nitrogen and oxygen atoms in total. The summed E-state index contributed by atoms with van der Waals surface area (Å²) in [6.45, 7) is 5.30. The molecule has 0 aliphatic carbocycles. The maximum Gasteiger partial charge on any atom is 0.312 e. The lowest BCUT2D eigenvalue weighted by Crippen LogP contribution is -2.49. The van der Waals surface area contributed by atoms with Gasteiger partial charge in [0.25, 0.3) is 0 Å². The minimum Gasteiger partial charge on any atom is -0.342 e. The fourth-order valence-corrected chi connectivity index (χ4v) is 2.26. The van der Waals surface area contributed by atoms with Crippen molar-refractivity contribution in [3.8, 4) is 0 Å². The lowest BCUT2D eigenvalue weighted by atomic mass is 10.3. The minimum absolute atomic E-state index is 0.237. The normalized spacial score (nSPS) is 22.5. The van der Waals surface area contributed by atoms with E-state index < -0.39 is 0 Å². The van der Waals surface area contributed by atoms with Gasteiger partial charge in [-0.25, -0.2) is 0 Å². The molecule has 5 heteroatoms. The molecule has 0 aromatic heterocycles. The molecular weight excluding hydrogens is 206 g/mol. The summed E-state index contributed by atoms with van der Waals surface area (Å²) in [6, 6.07) is 0. The van der Waals surface area contributed by atoms with E-state index >= 15 is 0 Å². The second-order valence-electron chi connectivity index (χ2n) is 4.44. The number of amides is 2. The number of hydrogen-bond acceptors (Lipinski definition) is 3. The van der Waals surface area contributed by atoms with Crippen LogP contribution in [0.25, 0.3) is 0 Å². The molecule has 0 bridgehead atoms. The van der Waals surface area contributed by atoms with E-state index in [1.54, 1.807) is 4.90 Å². The van der Waals surface area contributed by atoms with Gasteiger partial charge in [-0.1, -0.05) is 0 Å². The molecule has 0 spiro atoms. The van der Waals surface area contributed by atoms with Gasteiger partial charge in [0, 0.05) is 39.3 Å². The summed E-state index contributed by atoms with van der Waals surface area (Å²) in [5.74, 6) is 0.237. The maximum absolute atomic E-state index is 11.9. The van der Waals surface area contributed by atoms with Gasteiger partial charge in [-0.2, -0.15) is 0 Å². The number of piperazine rings is 1. The number of carbonyl (C=O) groups excluding carboxylic acids is 2. The number of likely N-dealkylation sites (tertiary alicyclic amines) is 1. The molecule has 2 amide bonds. The average molecular weight is 224 g/mol. The molecular formula is C11H18N3O2. The second kappa shape index (κ2) is 5.30. The lowest BCUT2D eigenvalue weighted by molar-refractivity contribution is -0.131. The van der Waals surface area contributed by atoms with Crippen molar-refractivity contribution in [1.82, 2.24) is 14.7 Å². The fourth-order valence-electron chi connectivity index (χ4n) is 2.26. The van der Waals surface area contributed by atoms with Crippen LogP contribution >= 0.6 is 0 Å². The van der Waals surface area contributed by atoms with Crippen molar-refractivity contribution in [2.75, 3.05) is 45.8 Å². The van der Waals surface area contributed by atoms with Crippen LogP contribution in [0.4, 0.5) is 0 Å². The van der Waals surface area contributed by atoms with E-state index in [0.717, 1.165) is 39.0 Å². The minimum atomic E-state index is 0.237. The smallest absolute Gasteiger partial charge is 0.312 e. The number of rotatable bonds is 3. The molecule has 2 rings (SSSR count). The van der Waals surface area contributed by atoms with Crippen LogP contribution < -0.4 is 0 Å². The third kappa shape index (κ3) is 2.72. The Morgan fingerprint density at radius 3 is 2.19 bits per heavy atom. The number of carbonyl (C=O) groups is 1. The maximum atomic E-state index is 11.9. The number of nitrogens with zero attached hydrogens (tertiary/aromatic N) is 3. The first kappa shape index (κ1) is 11.4. The second-order valence-corrected chi connectivity index (χ2v) is 4.44. The van der Waals surface area contributed by atoms with Crippen LogP contribution in [0.5, 0.6) is 0 Å². The fraction of sp³-hybridized carbons (Fsp3) is 0.818. The van der Waals surface area contributed by atoms with Crippen LogP contribution in [0.1, 0.15) is 12.8 Å². The summed E-state index contributed by atoms with van der Waals surface area (Å²) in [5, 5.41) is 0. The summed E-state index contributed by atoms with van der Waals surface area (Å²) < 4.78 is 0. The third-order valence-electron chi connectivity index (χ3n) is 3.32. The van der Waals surface area contributed by atoms with Crippen LogP contribution in [0.2, 0.25) is 0 Å². The third-order valence-corrected chi connectivity index (χ3v) is 3.32. The summed E-state index contributed by atoms with van der Waals surface area (Å²) in [7, 11) is 0. The predicted octanol–water partition coefficient (Wildman–Crippen LogP) is -0.706. The first-order valence-corrected chi connectivity index (χ1v) is 5.92. The molecule has 0 N–H and O–H groups in total. The first-order chi connectivity index (χ1) is 7.79. The molecule has 0 aromatic carbocycles. The quantitative estimate of drug-likeness (QED) is 0.636. The van der Waals surface area contributed by atoms with E-state index in [2.05, 4.69) is 4.90 Å². The zero-order valence-corrected chi connectivity index (χ0v) is 9.52. The van der Waals surface area contributed by atoms with Gasteiger partial charge >= 0.3 is 6.41 Å². The zero-order chi connectivity index (χ0) is 11.4. The summed E-state index contributed by atoms with van der Waals surface area (Å²) in [4.78, 5) is 28.0. The van der Waals surface area contributed by atoms with Crippen LogP contribution in [-0.4, -0.2) is 72.8 Å². The zero-order valence-electron chi connectivity index (χ0n) is 9.52. The van der Waals surface area contributed by atoms with E-state index in [4.69, 9.17) is 0 Å². The van der Waals surface area contributed by atoms with Crippen molar-refractivity contribution in [2.45, 2.75) is 12.8 Å². The highest BCUT2D eigenvalue weighted by Crippen LogP contribution is 2.08. The lowest BCUT2D eigenvalue weighted by Gasteiger charge is -2.32. The largest absolute Gasteiger partial charge is 0.342 e. The van der Waals surface area contributed by atoms with Gasteiger partial charge in [0.15, 0.2) is 0 Å². The van der Waals surface area contributed by atoms with Crippen LogP contribution in [-0.2, 0) is 9.59 Å². The van der Waals surface area contributed by atoms with Gasteiger partial charge in [0.2, 0.25) is 5.91 Å². The molecule has 89 valence electrons. The van der Waals surface area contributed by atoms with Gasteiger partial charge in [-0.15, -0.1) is 0 Å². The Labute approximate surface area is 96.0 Å². The van der Waals surface area contributed by atoms with Gasteiger partial charge < -0.3 is 9.80 Å². The standard InChI is InChI=1S/C11H18N3O2/c15-10-13-7-5-12(6-8-13)9-11(16)14-3-1-2-4-14/h1-9H2. The molecule has 0 unspecified atom stereocenters. The highest BCUT2D eigenvalue weighted by Gasteiger charge is 2.22. The van der Waals surface area contributed by atoms with Gasteiger partial charge in [-0.3, -0.25) is 14.5 Å². The molecule has 1 radical (unpaired) electrons. The van der Waals surface area contributed by atoms with E-state index in [1.807, 2.05) is 11.3 Å². The van der Waals surface area contributed by atoms with Crippen molar-refractivity contribution in [3.05, 3.63) is 0 Å². The van der Waals surface area contributed by atoms with E-state index in [0.29, 0.717) is 19.6 Å². The van der Waals surface area contributed by atoms with Crippen molar-refractivity contribution in [2.24, 2.45) is 0 Å². The summed E-state index contributed by atoms with van der Waals surface area (Å²) in [5.41, 5.74) is 0. The van der Waals surface area contributed by atoms with Crippen molar-refractivity contribution in [1.29, 1.82) is 0 Å². The molecule has 2 aliphatic heterocycles. The number of hydrogen-bond donors (Lipinski definition) is 0. The topological polar surface area (TPSA) is 43.9 Å². The highest BCUT2D eigenvalue weighted by atomic mass is 16.2. The Morgan fingerprint density at radius 2 is 1.62 bits per heavy atom. The molecule has 16 heavy (non-hydrogen) atoms. The van der Waals surface area contributed by atoms with Gasteiger partial charge in [0.1, 0.15) is 0 Å². The molecule has 2 fully saturated rings. The van der Waals surface area contributed by atoms with Crippen LogP contribution in [0, 0.1) is 0 Å². The molecule has 0 atom stereocenters. The summed E-state index contributed by atoms with van der Waals surface area (Å²) >= 11 is 0. The van der Waals surface area contributed by atoms with Crippen LogP contribution in [0.15, 0.2) is 0 Å². The van der Waals surface area contributed by atoms with Crippen molar-refractivity contribution in [3.63, 3.8) is 0 Å². The van der Waals surface area contributed by atoms with Crippen molar-refractivity contribution >= 4 is 12.3 Å². The SMILES string of the molecule is O=[C]N1CCN(CC(=O)N2CCCC2)CC1. The molecule has 2 aliphatic rings. The Morgan fingerprint density at radius 1 is 1.00 bits per heavy atom. The van der Waals surface area contributed by atoms with E-state index in [-0.39, 0.29) is 5.91 Å². The predicted molar refractivity (Wildman–Crippen MR) is 59.5 cm³/mol. The van der Waals surface area contributed by atoms with E-state index in [9.17, 15) is 9.59 Å². The first-order valence-electron chi connectivity index (χ1n) is 5.92. The monoisotopic (exact) mass is 224 g/mol. The van der Waals surface area contributed by atoms with Gasteiger partial charge in [-0.05, 0) is 12.8 Å². The molecule has 2 heterocycles. The Bertz CT molecular complexity index is 256. The Balaban J connectivity index is 1.73. The Hall–Kier alpha value is -1.10. The van der Waals surface area contributed by atoms with Crippen LogP contribution in [0.3, 0.4) is 0 Å². The van der Waals surface area contributed by atoms with Crippen molar-refractivity contribution < 1.29 is 9.59 Å². The molecule has 0 aromatic rings.